The number of pyridine rings is 2. The van der Waals surface area contributed by atoms with Gasteiger partial charge >= 0.3 is 0 Å². The van der Waals surface area contributed by atoms with Crippen molar-refractivity contribution in [3.8, 4) is 11.1 Å². The van der Waals surface area contributed by atoms with Crippen molar-refractivity contribution in [3.05, 3.63) is 71.8 Å². The quantitative estimate of drug-likeness (QED) is 0.206. The van der Waals surface area contributed by atoms with Gasteiger partial charge in [0.2, 0.25) is 5.82 Å². The van der Waals surface area contributed by atoms with E-state index in [1.54, 1.807) is 12.1 Å². The van der Waals surface area contributed by atoms with Crippen molar-refractivity contribution in [2.75, 3.05) is 0 Å². The van der Waals surface area contributed by atoms with Crippen molar-refractivity contribution in [3.63, 3.8) is 0 Å². The van der Waals surface area contributed by atoms with E-state index in [0.29, 0.717) is 16.4 Å². The average Bonchev–Trinajstić information content (AvgIpc) is 2.65. The highest BCUT2D eigenvalue weighted by Crippen LogP contribution is 2.37. The molecule has 0 saturated heterocycles. The van der Waals surface area contributed by atoms with Crippen molar-refractivity contribution in [2.24, 2.45) is 0 Å². The third-order valence-corrected chi connectivity index (χ3v) is 3.94. The average molecular weight is 346 g/mol. The summed E-state index contributed by atoms with van der Waals surface area (Å²) in [5, 5.41) is 0.699. The van der Waals surface area contributed by atoms with E-state index in [1.165, 1.54) is 30.6 Å². The van der Waals surface area contributed by atoms with Gasteiger partial charge in [-0.05, 0) is 23.8 Å². The van der Waals surface area contributed by atoms with Gasteiger partial charge in [0.05, 0.1) is 16.6 Å². The van der Waals surface area contributed by atoms with Crippen LogP contribution in [-0.4, -0.2) is 9.97 Å². The molecule has 0 radical (unpaired) electrons. The van der Waals surface area contributed by atoms with Crippen LogP contribution < -0.4 is 0 Å². The van der Waals surface area contributed by atoms with Crippen molar-refractivity contribution in [2.45, 2.75) is 0 Å². The topological polar surface area (TPSA) is 25.8 Å². The summed E-state index contributed by atoms with van der Waals surface area (Å²) in [6.07, 6.45) is 2.98. The summed E-state index contributed by atoms with van der Waals surface area (Å²) in [4.78, 5) is 8.33. The lowest BCUT2D eigenvalue weighted by Gasteiger charge is -2.12. The summed E-state index contributed by atoms with van der Waals surface area (Å²) in [6, 6.07) is 7.55. The Morgan fingerprint density at radius 2 is 1.20 bits per heavy atom. The molecule has 0 aliphatic carbocycles. The molecule has 0 amide bonds. The Morgan fingerprint density at radius 3 is 1.88 bits per heavy atom. The molecule has 2 heterocycles. The van der Waals surface area contributed by atoms with E-state index < -0.39 is 34.6 Å². The highest BCUT2D eigenvalue weighted by molar-refractivity contribution is 6.10. The highest BCUT2D eigenvalue weighted by Gasteiger charge is 2.28. The summed E-state index contributed by atoms with van der Waals surface area (Å²) >= 11 is 0. The van der Waals surface area contributed by atoms with Gasteiger partial charge in [-0.15, -0.1) is 0 Å². The van der Waals surface area contributed by atoms with Gasteiger partial charge < -0.3 is 0 Å². The molecule has 0 N–H and O–H groups in total. The van der Waals surface area contributed by atoms with Crippen LogP contribution in [0.5, 0.6) is 0 Å². The molecule has 0 unspecified atom stereocenters. The zero-order valence-electron chi connectivity index (χ0n) is 12.3. The lowest BCUT2D eigenvalue weighted by Crippen LogP contribution is -2.04. The van der Waals surface area contributed by atoms with Gasteiger partial charge in [-0.25, -0.2) is 22.0 Å². The predicted octanol–water partition coefficient (Wildman–Crippen LogP) is 5.15. The standard InChI is InChI=1S/C18H7F5N2/c19-12-11(13(20)15(22)16(23)14(12)21)10-7-8-3-1-5-24-17(8)18-9(10)4-2-6-25-18/h1-7H. The number of rotatable bonds is 1. The fraction of sp³-hybridized carbons (Fsp3) is 0. The monoisotopic (exact) mass is 346 g/mol. The fourth-order valence-electron chi connectivity index (χ4n) is 2.82. The zero-order valence-corrected chi connectivity index (χ0v) is 12.3. The number of hydrogen-bond donors (Lipinski definition) is 0. The second-order valence-electron chi connectivity index (χ2n) is 5.34. The molecule has 0 bridgehead atoms. The van der Waals surface area contributed by atoms with Gasteiger partial charge in [0.1, 0.15) is 0 Å². The minimum absolute atomic E-state index is 0.142. The summed E-state index contributed by atoms with van der Waals surface area (Å²) in [6.45, 7) is 0. The molecule has 2 nitrogen and oxygen atoms in total. The molecule has 0 spiro atoms. The van der Waals surface area contributed by atoms with Crippen LogP contribution in [0.15, 0.2) is 42.7 Å². The van der Waals surface area contributed by atoms with Crippen LogP contribution in [0.2, 0.25) is 0 Å². The second-order valence-corrected chi connectivity index (χ2v) is 5.34. The third-order valence-electron chi connectivity index (χ3n) is 3.94. The van der Waals surface area contributed by atoms with Crippen LogP contribution in [0.1, 0.15) is 0 Å². The lowest BCUT2D eigenvalue weighted by molar-refractivity contribution is 0.381. The number of aromatic nitrogens is 2. The Hall–Kier alpha value is -3.09. The minimum atomic E-state index is -2.19. The molecule has 2 aromatic heterocycles. The van der Waals surface area contributed by atoms with Crippen LogP contribution in [0, 0.1) is 29.1 Å². The molecular weight excluding hydrogens is 339 g/mol. The molecule has 0 fully saturated rings. The molecule has 0 aliphatic heterocycles. The largest absolute Gasteiger partial charge is 0.254 e. The Bertz CT molecular complexity index is 1130. The molecule has 4 aromatic rings. The first kappa shape index (κ1) is 15.4. The fourth-order valence-corrected chi connectivity index (χ4v) is 2.82. The first-order chi connectivity index (χ1) is 12.0. The van der Waals surface area contributed by atoms with E-state index in [9.17, 15) is 22.0 Å². The lowest BCUT2D eigenvalue weighted by atomic mass is 9.96. The van der Waals surface area contributed by atoms with Crippen LogP contribution in [0.3, 0.4) is 0 Å². The van der Waals surface area contributed by atoms with Gasteiger partial charge in [0.15, 0.2) is 23.3 Å². The molecule has 25 heavy (non-hydrogen) atoms. The maximum Gasteiger partial charge on any atom is 0.200 e. The van der Waals surface area contributed by atoms with E-state index >= 15 is 0 Å². The number of benzene rings is 2. The van der Waals surface area contributed by atoms with Crippen molar-refractivity contribution >= 4 is 21.8 Å². The van der Waals surface area contributed by atoms with Crippen molar-refractivity contribution in [1.29, 1.82) is 0 Å². The summed E-state index contributed by atoms with van der Waals surface area (Å²) in [5.74, 6) is -9.94. The second kappa shape index (κ2) is 5.47. The van der Waals surface area contributed by atoms with Crippen LogP contribution in [0.25, 0.3) is 32.9 Å². The Labute approximate surface area is 137 Å². The van der Waals surface area contributed by atoms with Crippen molar-refractivity contribution < 1.29 is 22.0 Å². The molecule has 0 atom stereocenters. The third kappa shape index (κ3) is 2.15. The molecule has 4 rings (SSSR count). The maximum absolute atomic E-state index is 14.3. The highest BCUT2D eigenvalue weighted by atomic mass is 19.2. The van der Waals surface area contributed by atoms with E-state index in [0.717, 1.165) is 0 Å². The first-order valence-electron chi connectivity index (χ1n) is 7.15. The Balaban J connectivity index is 2.22. The van der Waals surface area contributed by atoms with Gasteiger partial charge in [-0.1, -0.05) is 12.1 Å². The summed E-state index contributed by atoms with van der Waals surface area (Å²) in [7, 11) is 0. The van der Waals surface area contributed by atoms with E-state index in [-0.39, 0.29) is 10.9 Å². The van der Waals surface area contributed by atoms with Gasteiger partial charge in [-0.2, -0.15) is 0 Å². The van der Waals surface area contributed by atoms with Gasteiger partial charge in [0.25, 0.3) is 0 Å². The van der Waals surface area contributed by atoms with Crippen LogP contribution in [-0.2, 0) is 0 Å². The summed E-state index contributed by atoms with van der Waals surface area (Å²) < 4.78 is 69.1. The number of hydrogen-bond acceptors (Lipinski definition) is 2. The molecule has 2 aromatic carbocycles. The molecule has 124 valence electrons. The minimum Gasteiger partial charge on any atom is -0.254 e. The number of nitrogens with zero attached hydrogens (tertiary/aromatic N) is 2. The molecule has 0 aliphatic rings. The number of fused-ring (bicyclic) bond motifs is 3. The van der Waals surface area contributed by atoms with Crippen LogP contribution in [0.4, 0.5) is 22.0 Å². The molecule has 7 heteroatoms. The van der Waals surface area contributed by atoms with Crippen LogP contribution >= 0.6 is 0 Å². The predicted molar refractivity (Wildman–Crippen MR) is 82.3 cm³/mol. The van der Waals surface area contributed by atoms with E-state index in [4.69, 9.17) is 0 Å². The van der Waals surface area contributed by atoms with E-state index in [1.807, 2.05) is 0 Å². The number of halogens is 5. The maximum atomic E-state index is 14.3. The summed E-state index contributed by atoms with van der Waals surface area (Å²) in [5.41, 5.74) is -0.359. The Morgan fingerprint density at radius 1 is 0.640 bits per heavy atom. The smallest absolute Gasteiger partial charge is 0.200 e. The normalized spacial score (nSPS) is 11.4. The first-order valence-corrected chi connectivity index (χ1v) is 7.15. The molecule has 0 saturated carbocycles. The van der Waals surface area contributed by atoms with Crippen molar-refractivity contribution in [1.82, 2.24) is 9.97 Å². The zero-order chi connectivity index (χ0) is 17.7. The molecular formula is C18H7F5N2. The van der Waals surface area contributed by atoms with E-state index in [2.05, 4.69) is 9.97 Å². The van der Waals surface area contributed by atoms with Gasteiger partial charge in [-0.3, -0.25) is 9.97 Å². The van der Waals surface area contributed by atoms with Gasteiger partial charge in [0, 0.05) is 23.2 Å². The Kier molecular flexibility index (Phi) is 3.38. The SMILES string of the molecule is Fc1c(F)c(F)c(-c2cc3cccnc3c3ncccc23)c(F)c1F.